The van der Waals surface area contributed by atoms with E-state index in [9.17, 15) is 8.42 Å². The summed E-state index contributed by atoms with van der Waals surface area (Å²) in [6, 6.07) is 2.23. The van der Waals surface area contributed by atoms with Crippen LogP contribution in [0.5, 0.6) is 0 Å². The minimum absolute atomic E-state index is 0.0422. The minimum atomic E-state index is -3.42. The summed E-state index contributed by atoms with van der Waals surface area (Å²) in [4.78, 5) is 0.385. The van der Waals surface area contributed by atoms with Crippen LogP contribution >= 0.6 is 11.8 Å². The molecule has 1 aromatic rings. The van der Waals surface area contributed by atoms with Crippen molar-refractivity contribution in [3.8, 4) is 0 Å². The van der Waals surface area contributed by atoms with E-state index in [0.717, 1.165) is 30.7 Å². The molecular weight excluding hydrogens is 306 g/mol. The molecule has 2 rings (SSSR count). The Hall–Kier alpha value is -0.500. The Kier molecular flexibility index (Phi) is 5.76. The van der Waals surface area contributed by atoms with Crippen LogP contribution in [0.1, 0.15) is 37.9 Å². The lowest BCUT2D eigenvalue weighted by molar-refractivity contribution is 0.556. The van der Waals surface area contributed by atoms with Crippen LogP contribution in [-0.4, -0.2) is 38.1 Å². The number of rotatable bonds is 9. The zero-order valence-electron chi connectivity index (χ0n) is 12.9. The summed E-state index contributed by atoms with van der Waals surface area (Å²) >= 11 is 1.73. The Morgan fingerprint density at radius 1 is 1.48 bits per heavy atom. The molecule has 0 amide bonds. The van der Waals surface area contributed by atoms with Crippen molar-refractivity contribution in [2.24, 2.45) is 0 Å². The molecule has 5 nitrogen and oxygen atoms in total. The van der Waals surface area contributed by atoms with Crippen molar-refractivity contribution in [1.82, 2.24) is 14.6 Å². The molecule has 0 radical (unpaired) electrons. The summed E-state index contributed by atoms with van der Waals surface area (Å²) in [5.41, 5.74) is 1.04. The number of hydrogen-bond acceptors (Lipinski definition) is 4. The quantitative estimate of drug-likeness (QED) is 0.726. The lowest BCUT2D eigenvalue weighted by atomic mass is 10.3. The highest BCUT2D eigenvalue weighted by Crippen LogP contribution is 2.37. The smallest absolute Gasteiger partial charge is 0.242 e. The monoisotopic (exact) mass is 331 g/mol. The van der Waals surface area contributed by atoms with Gasteiger partial charge in [0.15, 0.2) is 0 Å². The molecule has 0 spiro atoms. The lowest BCUT2D eigenvalue weighted by Crippen LogP contribution is -2.32. The first kappa shape index (κ1) is 16.9. The molecule has 2 N–H and O–H groups in total. The van der Waals surface area contributed by atoms with Crippen LogP contribution in [0.25, 0.3) is 0 Å². The van der Waals surface area contributed by atoms with E-state index < -0.39 is 10.0 Å². The predicted molar refractivity (Wildman–Crippen MR) is 88.2 cm³/mol. The fraction of sp³-hybridized carbons (Fsp3) is 0.714. The van der Waals surface area contributed by atoms with Crippen molar-refractivity contribution >= 4 is 21.8 Å². The molecule has 1 saturated carbocycles. The molecular formula is C14H25N3O2S2. The maximum atomic E-state index is 12.5. The van der Waals surface area contributed by atoms with Gasteiger partial charge in [-0.3, -0.25) is 0 Å². The Morgan fingerprint density at radius 2 is 2.19 bits per heavy atom. The average Bonchev–Trinajstić information content (AvgIpc) is 3.17. The Morgan fingerprint density at radius 3 is 2.76 bits per heavy atom. The van der Waals surface area contributed by atoms with Crippen LogP contribution in [0, 0.1) is 0 Å². The first-order valence-electron chi connectivity index (χ1n) is 7.34. The van der Waals surface area contributed by atoms with Gasteiger partial charge in [0.05, 0.1) is 4.90 Å². The SMILES string of the molecule is CNCc1cc(S(=O)(=O)NC(C)CCSC)cn1C1CC1. The van der Waals surface area contributed by atoms with Gasteiger partial charge in [0, 0.05) is 30.5 Å². The van der Waals surface area contributed by atoms with Crippen LogP contribution in [0.2, 0.25) is 0 Å². The third-order valence-corrected chi connectivity index (χ3v) is 5.83. The summed E-state index contributed by atoms with van der Waals surface area (Å²) in [5, 5.41) is 3.10. The number of sulfonamides is 1. The van der Waals surface area contributed by atoms with E-state index in [2.05, 4.69) is 14.6 Å². The van der Waals surface area contributed by atoms with E-state index in [-0.39, 0.29) is 6.04 Å². The summed E-state index contributed by atoms with van der Waals surface area (Å²) in [6.45, 7) is 2.61. The first-order chi connectivity index (χ1) is 9.97. The van der Waals surface area contributed by atoms with Gasteiger partial charge in [-0.05, 0) is 51.3 Å². The van der Waals surface area contributed by atoms with Crippen molar-refractivity contribution < 1.29 is 8.42 Å². The molecule has 1 aliphatic carbocycles. The number of thioether (sulfide) groups is 1. The molecule has 0 bridgehead atoms. The zero-order valence-corrected chi connectivity index (χ0v) is 14.6. The molecule has 1 fully saturated rings. The normalized spacial score (nSPS) is 17.1. The number of hydrogen-bond donors (Lipinski definition) is 2. The van der Waals surface area contributed by atoms with E-state index in [4.69, 9.17) is 0 Å². The van der Waals surface area contributed by atoms with Crippen LogP contribution < -0.4 is 10.0 Å². The van der Waals surface area contributed by atoms with E-state index >= 15 is 0 Å². The molecule has 1 unspecified atom stereocenters. The molecule has 7 heteroatoms. The standard InChI is InChI=1S/C14H25N3O2S2/c1-11(6-7-20-3)16-21(18,19)14-8-13(9-15-2)17(10-14)12-4-5-12/h8,10-12,15-16H,4-7,9H2,1-3H3. The van der Waals surface area contributed by atoms with Gasteiger partial charge >= 0.3 is 0 Å². The fourth-order valence-electron chi connectivity index (χ4n) is 2.35. The van der Waals surface area contributed by atoms with Crippen LogP contribution in [0.15, 0.2) is 17.2 Å². The molecule has 120 valence electrons. The van der Waals surface area contributed by atoms with Gasteiger partial charge in [0.1, 0.15) is 0 Å². The number of nitrogens with one attached hydrogen (secondary N) is 2. The second-order valence-corrected chi connectivity index (χ2v) is 8.34. The predicted octanol–water partition coefficient (Wildman–Crippen LogP) is 1.96. The van der Waals surface area contributed by atoms with Gasteiger partial charge in [-0.25, -0.2) is 13.1 Å². The fourth-order valence-corrected chi connectivity index (χ4v) is 4.26. The molecule has 1 atom stereocenters. The third-order valence-electron chi connectivity index (χ3n) is 3.63. The highest BCUT2D eigenvalue weighted by Gasteiger charge is 2.28. The molecule has 1 heterocycles. The average molecular weight is 332 g/mol. The highest BCUT2D eigenvalue weighted by molar-refractivity contribution is 7.98. The highest BCUT2D eigenvalue weighted by atomic mass is 32.2. The van der Waals surface area contributed by atoms with E-state index in [1.54, 1.807) is 24.0 Å². The maximum absolute atomic E-state index is 12.5. The lowest BCUT2D eigenvalue weighted by Gasteiger charge is -2.12. The molecule has 1 aromatic heterocycles. The van der Waals surface area contributed by atoms with Crippen molar-refractivity contribution in [2.45, 2.75) is 49.7 Å². The van der Waals surface area contributed by atoms with Crippen LogP contribution in [-0.2, 0) is 16.6 Å². The van der Waals surface area contributed by atoms with Gasteiger partial charge in [-0.1, -0.05) is 0 Å². The van der Waals surface area contributed by atoms with Gasteiger partial charge < -0.3 is 9.88 Å². The Labute approximate surface area is 131 Å². The van der Waals surface area contributed by atoms with Crippen LogP contribution in [0.3, 0.4) is 0 Å². The number of aromatic nitrogens is 1. The molecule has 1 aliphatic rings. The van der Waals surface area contributed by atoms with Gasteiger partial charge in [0.25, 0.3) is 0 Å². The van der Waals surface area contributed by atoms with E-state index in [1.165, 1.54) is 0 Å². The van der Waals surface area contributed by atoms with Crippen LogP contribution in [0.4, 0.5) is 0 Å². The molecule has 0 aromatic carbocycles. The summed E-state index contributed by atoms with van der Waals surface area (Å²) in [6.07, 6.45) is 6.94. The van der Waals surface area contributed by atoms with E-state index in [0.29, 0.717) is 17.5 Å². The largest absolute Gasteiger partial charge is 0.346 e. The zero-order chi connectivity index (χ0) is 15.5. The van der Waals surface area contributed by atoms with Gasteiger partial charge in [-0.15, -0.1) is 0 Å². The Balaban J connectivity index is 2.13. The summed E-state index contributed by atoms with van der Waals surface area (Å²) < 4.78 is 29.8. The van der Waals surface area contributed by atoms with Crippen molar-refractivity contribution in [3.05, 3.63) is 18.0 Å². The topological polar surface area (TPSA) is 63.1 Å². The second-order valence-electron chi connectivity index (χ2n) is 5.64. The van der Waals surface area contributed by atoms with E-state index in [1.807, 2.05) is 20.2 Å². The maximum Gasteiger partial charge on any atom is 0.242 e. The van der Waals surface area contributed by atoms with Crippen molar-refractivity contribution in [2.75, 3.05) is 19.1 Å². The van der Waals surface area contributed by atoms with Gasteiger partial charge in [0.2, 0.25) is 10.0 Å². The minimum Gasteiger partial charge on any atom is -0.346 e. The first-order valence-corrected chi connectivity index (χ1v) is 10.2. The van der Waals surface area contributed by atoms with Crippen molar-refractivity contribution in [1.29, 1.82) is 0 Å². The molecule has 21 heavy (non-hydrogen) atoms. The number of nitrogens with zero attached hydrogens (tertiary/aromatic N) is 1. The second kappa shape index (κ2) is 7.17. The summed E-state index contributed by atoms with van der Waals surface area (Å²) in [5.74, 6) is 0.956. The van der Waals surface area contributed by atoms with Crippen molar-refractivity contribution in [3.63, 3.8) is 0 Å². The molecule has 0 saturated heterocycles. The summed E-state index contributed by atoms with van der Waals surface area (Å²) in [7, 11) is -1.55. The Bertz CT molecular complexity index is 565. The third kappa shape index (κ3) is 4.48. The van der Waals surface area contributed by atoms with Gasteiger partial charge in [-0.2, -0.15) is 11.8 Å². The molecule has 0 aliphatic heterocycles.